The number of rotatable bonds is 5. The van der Waals surface area contributed by atoms with Gasteiger partial charge in [-0.2, -0.15) is 13.2 Å². The van der Waals surface area contributed by atoms with Crippen LogP contribution in [0.15, 0.2) is 29.3 Å². The maximum absolute atomic E-state index is 12.4. The molecule has 2 N–H and O–H groups in total. The minimum atomic E-state index is -4.19. The van der Waals surface area contributed by atoms with Crippen LogP contribution in [-0.2, 0) is 6.54 Å². The first-order valence-electron chi connectivity index (χ1n) is 8.78. The van der Waals surface area contributed by atoms with Crippen molar-refractivity contribution >= 4 is 35.8 Å². The van der Waals surface area contributed by atoms with Crippen molar-refractivity contribution in [3.63, 3.8) is 0 Å². The second-order valence-electron chi connectivity index (χ2n) is 6.27. The van der Waals surface area contributed by atoms with Gasteiger partial charge in [0, 0.05) is 38.8 Å². The monoisotopic (exact) mass is 498 g/mol. The predicted molar refractivity (Wildman–Crippen MR) is 110 cm³/mol. The normalized spacial score (nSPS) is 15.1. The van der Waals surface area contributed by atoms with Gasteiger partial charge in [0.05, 0.1) is 6.42 Å². The van der Waals surface area contributed by atoms with E-state index in [-0.39, 0.29) is 36.4 Å². The number of amides is 1. The summed E-state index contributed by atoms with van der Waals surface area (Å²) < 4.78 is 36.5. The first-order chi connectivity index (χ1) is 12.4. The van der Waals surface area contributed by atoms with Crippen LogP contribution in [0.25, 0.3) is 0 Å². The van der Waals surface area contributed by atoms with Gasteiger partial charge in [-0.25, -0.2) is 0 Å². The summed E-state index contributed by atoms with van der Waals surface area (Å²) >= 11 is 0. The van der Waals surface area contributed by atoms with Crippen molar-refractivity contribution in [1.29, 1.82) is 0 Å². The van der Waals surface area contributed by atoms with Gasteiger partial charge in [-0.1, -0.05) is 12.1 Å². The fourth-order valence-electron chi connectivity index (χ4n) is 2.77. The van der Waals surface area contributed by atoms with E-state index < -0.39 is 12.6 Å². The first kappa shape index (κ1) is 23.5. The highest BCUT2D eigenvalue weighted by molar-refractivity contribution is 14.0. The molecule has 1 aromatic carbocycles. The van der Waals surface area contributed by atoms with Crippen LogP contribution in [0.5, 0.6) is 0 Å². The molecular formula is C18H26F3IN4O. The van der Waals surface area contributed by atoms with Gasteiger partial charge < -0.3 is 15.5 Å². The molecule has 152 valence electrons. The Hall–Kier alpha value is -1.52. The SMILES string of the molecule is CN=C(NCCC(F)(F)F)NCc1ccc(C(=O)N2CCCCC2)cc1.I. The number of benzene rings is 1. The number of piperidine rings is 1. The fourth-order valence-corrected chi connectivity index (χ4v) is 2.77. The van der Waals surface area contributed by atoms with Crippen LogP contribution < -0.4 is 10.6 Å². The lowest BCUT2D eigenvalue weighted by molar-refractivity contribution is -0.132. The molecular weight excluding hydrogens is 472 g/mol. The van der Waals surface area contributed by atoms with E-state index in [1.54, 1.807) is 12.1 Å². The quantitative estimate of drug-likeness (QED) is 0.371. The number of carbonyl (C=O) groups excluding carboxylic acids is 1. The standard InChI is InChI=1S/C18H25F3N4O.HI/c1-22-17(23-10-9-18(19,20)21)24-13-14-5-7-15(8-6-14)16(26)25-11-3-2-4-12-25;/h5-8H,2-4,9-13H2,1H3,(H2,22,23,24);1H. The second-order valence-corrected chi connectivity index (χ2v) is 6.27. The van der Waals surface area contributed by atoms with Gasteiger partial charge in [-0.15, -0.1) is 24.0 Å². The number of aliphatic imine (C=N–C) groups is 1. The third-order valence-electron chi connectivity index (χ3n) is 4.23. The second kappa shape index (κ2) is 11.4. The number of nitrogens with zero attached hydrogens (tertiary/aromatic N) is 2. The molecule has 5 nitrogen and oxygen atoms in total. The van der Waals surface area contributed by atoms with Gasteiger partial charge in [0.15, 0.2) is 5.96 Å². The molecule has 0 radical (unpaired) electrons. The highest BCUT2D eigenvalue weighted by Crippen LogP contribution is 2.18. The maximum Gasteiger partial charge on any atom is 0.390 e. The molecule has 1 heterocycles. The van der Waals surface area contributed by atoms with Gasteiger partial charge in [0.2, 0.25) is 0 Å². The van der Waals surface area contributed by atoms with Gasteiger partial charge in [0.1, 0.15) is 0 Å². The summed E-state index contributed by atoms with van der Waals surface area (Å²) in [5, 5.41) is 5.59. The lowest BCUT2D eigenvalue weighted by atomic mass is 10.1. The number of hydrogen-bond acceptors (Lipinski definition) is 2. The summed E-state index contributed by atoms with van der Waals surface area (Å²) in [5.41, 5.74) is 1.57. The van der Waals surface area contributed by atoms with Crippen LogP contribution in [0, 0.1) is 0 Å². The topological polar surface area (TPSA) is 56.7 Å². The molecule has 0 bridgehead atoms. The number of halogens is 4. The van der Waals surface area contributed by atoms with Crippen molar-refractivity contribution < 1.29 is 18.0 Å². The van der Waals surface area contributed by atoms with Crippen LogP contribution in [0.3, 0.4) is 0 Å². The van der Waals surface area contributed by atoms with Crippen LogP contribution in [0.4, 0.5) is 13.2 Å². The molecule has 0 spiro atoms. The van der Waals surface area contributed by atoms with Gasteiger partial charge >= 0.3 is 6.18 Å². The summed E-state index contributed by atoms with van der Waals surface area (Å²) in [5.74, 6) is 0.358. The number of nitrogens with one attached hydrogen (secondary N) is 2. The Kier molecular flexibility index (Phi) is 9.89. The zero-order valence-corrected chi connectivity index (χ0v) is 17.6. The molecule has 0 aromatic heterocycles. The number of alkyl halides is 3. The van der Waals surface area contributed by atoms with E-state index >= 15 is 0 Å². The van der Waals surface area contributed by atoms with Gasteiger partial charge in [-0.3, -0.25) is 9.79 Å². The van der Waals surface area contributed by atoms with E-state index in [1.807, 2.05) is 17.0 Å². The molecule has 27 heavy (non-hydrogen) atoms. The highest BCUT2D eigenvalue weighted by atomic mass is 127. The van der Waals surface area contributed by atoms with Gasteiger partial charge in [0.25, 0.3) is 5.91 Å². The summed E-state index contributed by atoms with van der Waals surface area (Å²) in [6, 6.07) is 7.25. The number of likely N-dealkylation sites (tertiary alicyclic amines) is 1. The zero-order valence-electron chi connectivity index (χ0n) is 15.3. The summed E-state index contributed by atoms with van der Waals surface area (Å²) in [4.78, 5) is 18.2. The molecule has 1 amide bonds. The lowest BCUT2D eigenvalue weighted by Crippen LogP contribution is -2.38. The molecule has 9 heteroatoms. The largest absolute Gasteiger partial charge is 0.390 e. The average Bonchev–Trinajstić information content (AvgIpc) is 2.64. The van der Waals surface area contributed by atoms with Crippen LogP contribution in [-0.4, -0.2) is 49.6 Å². The Morgan fingerprint density at radius 3 is 2.30 bits per heavy atom. The van der Waals surface area contributed by atoms with Crippen LogP contribution >= 0.6 is 24.0 Å². The third-order valence-corrected chi connectivity index (χ3v) is 4.23. The minimum Gasteiger partial charge on any atom is -0.356 e. The minimum absolute atomic E-state index is 0. The van der Waals surface area contributed by atoms with E-state index in [9.17, 15) is 18.0 Å². The summed E-state index contributed by atoms with van der Waals surface area (Å²) in [7, 11) is 1.50. The molecule has 1 aliphatic heterocycles. The van der Waals surface area contributed by atoms with Crippen molar-refractivity contribution in [2.24, 2.45) is 4.99 Å². The lowest BCUT2D eigenvalue weighted by Gasteiger charge is -2.26. The Balaban J connectivity index is 0.00000364. The zero-order chi connectivity index (χ0) is 19.0. The van der Waals surface area contributed by atoms with E-state index in [4.69, 9.17) is 0 Å². The predicted octanol–water partition coefficient (Wildman–Crippen LogP) is 3.55. The number of guanidine groups is 1. The maximum atomic E-state index is 12.4. The van der Waals surface area contributed by atoms with Crippen LogP contribution in [0.1, 0.15) is 41.6 Å². The average molecular weight is 498 g/mol. The summed E-state index contributed by atoms with van der Waals surface area (Å²) in [6.07, 6.45) is -1.83. The molecule has 1 aliphatic rings. The van der Waals surface area contributed by atoms with Crippen molar-refractivity contribution in [3.05, 3.63) is 35.4 Å². The Morgan fingerprint density at radius 1 is 1.11 bits per heavy atom. The molecule has 0 unspecified atom stereocenters. The molecule has 1 aromatic rings. The Bertz CT molecular complexity index is 614. The number of hydrogen-bond donors (Lipinski definition) is 2. The highest BCUT2D eigenvalue weighted by Gasteiger charge is 2.26. The molecule has 2 rings (SSSR count). The van der Waals surface area contributed by atoms with Crippen molar-refractivity contribution in [2.45, 2.75) is 38.4 Å². The summed E-state index contributed by atoms with van der Waals surface area (Å²) in [6.45, 7) is 1.79. The van der Waals surface area contributed by atoms with Gasteiger partial charge in [-0.05, 0) is 37.0 Å². The molecule has 0 aliphatic carbocycles. The molecule has 0 saturated carbocycles. The smallest absolute Gasteiger partial charge is 0.356 e. The fraction of sp³-hybridized carbons (Fsp3) is 0.556. The van der Waals surface area contributed by atoms with Crippen molar-refractivity contribution in [3.8, 4) is 0 Å². The van der Waals surface area contributed by atoms with E-state index in [1.165, 1.54) is 13.5 Å². The van der Waals surface area contributed by atoms with Crippen molar-refractivity contribution in [2.75, 3.05) is 26.7 Å². The van der Waals surface area contributed by atoms with E-state index in [0.29, 0.717) is 18.1 Å². The number of carbonyl (C=O) groups is 1. The van der Waals surface area contributed by atoms with E-state index in [2.05, 4.69) is 15.6 Å². The Morgan fingerprint density at radius 2 is 1.74 bits per heavy atom. The molecule has 0 atom stereocenters. The molecule has 1 saturated heterocycles. The third kappa shape index (κ3) is 8.35. The van der Waals surface area contributed by atoms with Crippen molar-refractivity contribution in [1.82, 2.24) is 15.5 Å². The molecule has 1 fully saturated rings. The van der Waals surface area contributed by atoms with Crippen LogP contribution in [0.2, 0.25) is 0 Å². The Labute approximate surface area is 174 Å². The first-order valence-corrected chi connectivity index (χ1v) is 8.78. The van der Waals surface area contributed by atoms with E-state index in [0.717, 1.165) is 31.5 Å².